The van der Waals surface area contributed by atoms with Gasteiger partial charge in [-0.25, -0.2) is 0 Å². The summed E-state index contributed by atoms with van der Waals surface area (Å²) in [6.07, 6.45) is 1.35. The van der Waals surface area contributed by atoms with Gasteiger partial charge >= 0.3 is 0 Å². The van der Waals surface area contributed by atoms with Gasteiger partial charge in [0.15, 0.2) is 5.16 Å². The van der Waals surface area contributed by atoms with Crippen molar-refractivity contribution in [2.75, 3.05) is 0 Å². The molecule has 1 aromatic heterocycles. The molecule has 0 saturated heterocycles. The molecule has 2 aromatic rings. The van der Waals surface area contributed by atoms with Crippen LogP contribution >= 0.6 is 11.8 Å². The Bertz CT molecular complexity index is 626. The maximum atomic E-state index is 12.1. The van der Waals surface area contributed by atoms with E-state index in [9.17, 15) is 9.90 Å². The van der Waals surface area contributed by atoms with Gasteiger partial charge in [0.25, 0.3) is 5.56 Å². The van der Waals surface area contributed by atoms with Crippen molar-refractivity contribution >= 4 is 11.8 Å². The number of hydrogen-bond acceptors (Lipinski definition) is 4. The maximum Gasteiger partial charge on any atom is 0.258 e. The fraction of sp³-hybridized carbons (Fsp3) is 0.333. The fourth-order valence-corrected chi connectivity index (χ4v) is 2.59. The Morgan fingerprint density at radius 2 is 2.05 bits per heavy atom. The van der Waals surface area contributed by atoms with E-state index in [0.29, 0.717) is 22.4 Å². The number of nitrogens with zero attached hydrogens (tertiary/aromatic N) is 1. The molecule has 2 N–H and O–H groups in total. The summed E-state index contributed by atoms with van der Waals surface area (Å²) in [4.78, 5) is 18.9. The Kier molecular flexibility index (Phi) is 4.84. The van der Waals surface area contributed by atoms with E-state index >= 15 is 0 Å². The summed E-state index contributed by atoms with van der Waals surface area (Å²) < 4.78 is 0. The number of aromatic hydroxyl groups is 1. The zero-order chi connectivity index (χ0) is 14.5. The first kappa shape index (κ1) is 14.7. The van der Waals surface area contributed by atoms with Gasteiger partial charge in [-0.15, -0.1) is 0 Å². The number of hydrogen-bond donors (Lipinski definition) is 2. The third kappa shape index (κ3) is 3.63. The van der Waals surface area contributed by atoms with Gasteiger partial charge in [-0.1, -0.05) is 55.9 Å². The van der Waals surface area contributed by atoms with Gasteiger partial charge in [-0.05, 0) is 12.0 Å². The van der Waals surface area contributed by atoms with Gasteiger partial charge in [-0.3, -0.25) is 4.79 Å². The lowest BCUT2D eigenvalue weighted by Crippen LogP contribution is -2.16. The van der Waals surface area contributed by atoms with E-state index in [1.165, 1.54) is 11.8 Å². The van der Waals surface area contributed by atoms with E-state index in [0.717, 1.165) is 12.0 Å². The number of aromatic nitrogens is 2. The Balaban J connectivity index is 2.25. The van der Waals surface area contributed by atoms with Crippen LogP contribution in [0.15, 0.2) is 40.3 Å². The van der Waals surface area contributed by atoms with E-state index in [1.54, 1.807) is 0 Å². The summed E-state index contributed by atoms with van der Waals surface area (Å²) in [6.45, 7) is 4.12. The van der Waals surface area contributed by atoms with Crippen LogP contribution in [0.3, 0.4) is 0 Å². The van der Waals surface area contributed by atoms with Gasteiger partial charge in [-0.2, -0.15) is 4.98 Å². The highest BCUT2D eigenvalue weighted by molar-refractivity contribution is 7.99. The molecule has 0 aliphatic rings. The quantitative estimate of drug-likeness (QED) is 0.656. The van der Waals surface area contributed by atoms with Crippen molar-refractivity contribution in [3.63, 3.8) is 0 Å². The number of thioether (sulfide) groups is 1. The Morgan fingerprint density at radius 1 is 1.35 bits per heavy atom. The maximum absolute atomic E-state index is 12.1. The van der Waals surface area contributed by atoms with E-state index in [4.69, 9.17) is 0 Å². The molecule has 0 radical (unpaired) electrons. The average molecular weight is 290 g/mol. The zero-order valence-corrected chi connectivity index (χ0v) is 12.4. The summed E-state index contributed by atoms with van der Waals surface area (Å²) in [5.74, 6) is -0.177. The van der Waals surface area contributed by atoms with E-state index in [2.05, 4.69) is 23.8 Å². The van der Waals surface area contributed by atoms with Gasteiger partial charge in [0.05, 0.1) is 5.56 Å². The monoisotopic (exact) mass is 290 g/mol. The lowest BCUT2D eigenvalue weighted by atomic mass is 10.1. The smallest absolute Gasteiger partial charge is 0.258 e. The minimum atomic E-state index is -0.271. The molecule has 106 valence electrons. The number of nitrogens with one attached hydrogen (secondary N) is 1. The van der Waals surface area contributed by atoms with Crippen LogP contribution in [0, 0.1) is 0 Å². The number of H-pyrrole nitrogens is 1. The molecule has 1 aromatic carbocycles. The predicted molar refractivity (Wildman–Crippen MR) is 81.4 cm³/mol. The largest absolute Gasteiger partial charge is 0.493 e. The van der Waals surface area contributed by atoms with E-state index < -0.39 is 0 Å². The number of aromatic amines is 1. The molecular weight excluding hydrogens is 272 g/mol. The second-order valence-electron chi connectivity index (χ2n) is 4.67. The zero-order valence-electron chi connectivity index (χ0n) is 11.6. The first-order chi connectivity index (χ1) is 9.60. The van der Waals surface area contributed by atoms with Crippen LogP contribution in [-0.4, -0.2) is 20.3 Å². The van der Waals surface area contributed by atoms with Crippen molar-refractivity contribution in [1.82, 2.24) is 9.97 Å². The molecular formula is C15H18N2O2S. The number of rotatable bonds is 5. The molecule has 0 fully saturated rings. The predicted octanol–water partition coefficient (Wildman–Crippen LogP) is 2.96. The molecule has 0 amide bonds. The normalized spacial score (nSPS) is 12.3. The molecule has 1 atom stereocenters. The van der Waals surface area contributed by atoms with Gasteiger partial charge in [0.2, 0.25) is 5.88 Å². The Morgan fingerprint density at radius 3 is 2.65 bits per heavy atom. The topological polar surface area (TPSA) is 66.0 Å². The summed E-state index contributed by atoms with van der Waals surface area (Å²) >= 11 is 1.46. The third-order valence-electron chi connectivity index (χ3n) is 3.08. The summed E-state index contributed by atoms with van der Waals surface area (Å²) in [5, 5.41) is 10.8. The highest BCUT2D eigenvalue weighted by atomic mass is 32.2. The molecule has 0 aliphatic heterocycles. The lowest BCUT2D eigenvalue weighted by molar-refractivity contribution is 0.437. The van der Waals surface area contributed by atoms with Crippen molar-refractivity contribution in [1.29, 1.82) is 0 Å². The van der Waals surface area contributed by atoms with E-state index in [1.807, 2.05) is 30.3 Å². The summed E-state index contributed by atoms with van der Waals surface area (Å²) in [7, 11) is 0. The van der Waals surface area contributed by atoms with Crippen molar-refractivity contribution in [3.05, 3.63) is 51.8 Å². The first-order valence-corrected chi connectivity index (χ1v) is 7.50. The molecule has 20 heavy (non-hydrogen) atoms. The molecule has 0 saturated carbocycles. The highest BCUT2D eigenvalue weighted by Gasteiger charge is 2.13. The van der Waals surface area contributed by atoms with Crippen molar-refractivity contribution in [2.24, 2.45) is 0 Å². The van der Waals surface area contributed by atoms with Gasteiger partial charge < -0.3 is 10.1 Å². The third-order valence-corrected chi connectivity index (χ3v) is 4.24. The molecule has 2 rings (SSSR count). The van der Waals surface area contributed by atoms with Gasteiger partial charge in [0, 0.05) is 11.7 Å². The molecule has 5 heteroatoms. The van der Waals surface area contributed by atoms with Crippen molar-refractivity contribution in [3.8, 4) is 5.88 Å². The minimum absolute atomic E-state index is 0.177. The van der Waals surface area contributed by atoms with E-state index in [-0.39, 0.29) is 11.4 Å². The highest BCUT2D eigenvalue weighted by Crippen LogP contribution is 2.23. The van der Waals surface area contributed by atoms with Crippen molar-refractivity contribution in [2.45, 2.75) is 37.1 Å². The van der Waals surface area contributed by atoms with Crippen LogP contribution in [0.25, 0.3) is 0 Å². The van der Waals surface area contributed by atoms with Crippen LogP contribution in [0.4, 0.5) is 0 Å². The lowest BCUT2D eigenvalue weighted by Gasteiger charge is -2.09. The standard InChI is InChI=1S/C15H18N2O2S/c1-3-10(2)20-15-16-13(18)12(14(19)17-15)9-11-7-5-4-6-8-11/h4-8,10H,3,9H2,1-2H3,(H2,16,17,18,19)/t10-/m0/s1. The summed E-state index contributed by atoms with van der Waals surface area (Å²) in [5.41, 5.74) is 1.01. The van der Waals surface area contributed by atoms with Crippen LogP contribution in [0.5, 0.6) is 5.88 Å². The Labute approximate surface area is 122 Å². The number of benzene rings is 1. The second kappa shape index (κ2) is 6.61. The molecule has 0 spiro atoms. The minimum Gasteiger partial charge on any atom is -0.493 e. The summed E-state index contributed by atoms with van der Waals surface area (Å²) in [6, 6.07) is 9.56. The molecule has 0 bridgehead atoms. The molecule has 0 aliphatic carbocycles. The first-order valence-electron chi connectivity index (χ1n) is 6.63. The van der Waals surface area contributed by atoms with Crippen LogP contribution in [-0.2, 0) is 6.42 Å². The molecule has 1 heterocycles. The Hall–Kier alpha value is -1.75. The van der Waals surface area contributed by atoms with Crippen molar-refractivity contribution < 1.29 is 5.11 Å². The van der Waals surface area contributed by atoms with Gasteiger partial charge in [0.1, 0.15) is 0 Å². The van der Waals surface area contributed by atoms with Crippen LogP contribution in [0.1, 0.15) is 31.4 Å². The van der Waals surface area contributed by atoms with Crippen LogP contribution in [0.2, 0.25) is 0 Å². The fourth-order valence-electron chi connectivity index (χ4n) is 1.75. The second-order valence-corrected chi connectivity index (χ2v) is 6.10. The molecule has 4 nitrogen and oxygen atoms in total. The van der Waals surface area contributed by atoms with Crippen LogP contribution < -0.4 is 5.56 Å². The molecule has 0 unspecified atom stereocenters. The average Bonchev–Trinajstić information content (AvgIpc) is 2.44. The SMILES string of the molecule is CC[C@H](C)Sc1nc(O)c(Cc2ccccc2)c(=O)[nH]1.